The molecule has 18 heavy (non-hydrogen) atoms. The van der Waals surface area contributed by atoms with Crippen LogP contribution in [0.3, 0.4) is 0 Å². The lowest BCUT2D eigenvalue weighted by Gasteiger charge is -2.07. The Hall–Kier alpha value is -1.72. The molecule has 0 atom stereocenters. The van der Waals surface area contributed by atoms with Crippen LogP contribution in [0.4, 0.5) is 13.2 Å². The summed E-state index contributed by atoms with van der Waals surface area (Å²) in [5.41, 5.74) is 0.280. The van der Waals surface area contributed by atoms with Crippen LogP contribution in [-0.4, -0.2) is 25.9 Å². The molecule has 0 radical (unpaired) electrons. The zero-order valence-electron chi connectivity index (χ0n) is 9.79. The molecular weight excluding hydrogens is 249 g/mol. The van der Waals surface area contributed by atoms with Crippen molar-refractivity contribution in [3.63, 3.8) is 0 Å². The van der Waals surface area contributed by atoms with E-state index in [-0.39, 0.29) is 18.6 Å². The van der Waals surface area contributed by atoms with Crippen molar-refractivity contribution in [1.29, 1.82) is 0 Å². The van der Waals surface area contributed by atoms with E-state index < -0.39 is 18.6 Å². The second-order valence-corrected chi connectivity index (χ2v) is 3.58. The van der Waals surface area contributed by atoms with Crippen LogP contribution in [0.5, 0.6) is 5.75 Å². The number of rotatable bonds is 5. The van der Waals surface area contributed by atoms with Gasteiger partial charge < -0.3 is 9.47 Å². The van der Waals surface area contributed by atoms with Gasteiger partial charge in [-0.3, -0.25) is 0 Å². The van der Waals surface area contributed by atoms with E-state index >= 15 is 0 Å². The Morgan fingerprint density at radius 2 is 1.83 bits per heavy atom. The lowest BCUT2D eigenvalue weighted by Crippen LogP contribution is -2.11. The summed E-state index contributed by atoms with van der Waals surface area (Å²) in [6.07, 6.45) is -5.40. The highest BCUT2D eigenvalue weighted by Crippen LogP contribution is 2.21. The molecule has 1 aromatic rings. The number of benzene rings is 1. The van der Waals surface area contributed by atoms with E-state index in [9.17, 15) is 18.0 Å². The van der Waals surface area contributed by atoms with Crippen LogP contribution >= 0.6 is 0 Å². The van der Waals surface area contributed by atoms with E-state index in [0.29, 0.717) is 5.75 Å². The van der Waals surface area contributed by atoms with Gasteiger partial charge in [0.15, 0.2) is 0 Å². The van der Waals surface area contributed by atoms with E-state index in [1.54, 1.807) is 12.1 Å². The third kappa shape index (κ3) is 5.07. The topological polar surface area (TPSA) is 35.5 Å². The maximum absolute atomic E-state index is 11.8. The Morgan fingerprint density at radius 1 is 1.22 bits per heavy atom. The largest absolute Gasteiger partial charge is 0.497 e. The predicted octanol–water partition coefficient (Wildman–Crippen LogP) is 3.19. The fourth-order valence-corrected chi connectivity index (χ4v) is 1.25. The third-order valence-electron chi connectivity index (χ3n) is 2.16. The van der Waals surface area contributed by atoms with E-state index in [1.165, 1.54) is 19.2 Å². The Kier molecular flexibility index (Phi) is 5.00. The fraction of sp³-hybridized carbons (Fsp3) is 0.417. The van der Waals surface area contributed by atoms with E-state index in [2.05, 4.69) is 0 Å². The second kappa shape index (κ2) is 6.28. The van der Waals surface area contributed by atoms with Crippen molar-refractivity contribution in [3.05, 3.63) is 29.8 Å². The second-order valence-electron chi connectivity index (χ2n) is 3.58. The molecule has 0 N–H and O–H groups in total. The van der Waals surface area contributed by atoms with Crippen LogP contribution < -0.4 is 4.74 Å². The maximum Gasteiger partial charge on any atom is 0.389 e. The quantitative estimate of drug-likeness (QED) is 0.604. The first-order valence-electron chi connectivity index (χ1n) is 5.30. The number of alkyl halides is 3. The number of halogens is 3. The number of methoxy groups -OCH3 is 1. The van der Waals surface area contributed by atoms with E-state index in [4.69, 9.17) is 9.47 Å². The minimum Gasteiger partial charge on any atom is -0.497 e. The van der Waals surface area contributed by atoms with Crippen molar-refractivity contribution in [2.24, 2.45) is 0 Å². The summed E-state index contributed by atoms with van der Waals surface area (Å²) < 4.78 is 45.1. The molecule has 0 aromatic heterocycles. The Labute approximate surface area is 103 Å². The van der Waals surface area contributed by atoms with Gasteiger partial charge >= 0.3 is 12.1 Å². The minimum absolute atomic E-state index is 0.231. The molecule has 0 aliphatic carbocycles. The SMILES string of the molecule is COc1ccc(C(=O)OCCCC(F)(F)F)cc1. The summed E-state index contributed by atoms with van der Waals surface area (Å²) in [6.45, 7) is -0.246. The summed E-state index contributed by atoms with van der Waals surface area (Å²) in [6, 6.07) is 6.13. The molecule has 0 aliphatic rings. The van der Waals surface area contributed by atoms with Gasteiger partial charge in [0.1, 0.15) is 5.75 Å². The number of hydrogen-bond acceptors (Lipinski definition) is 3. The van der Waals surface area contributed by atoms with Crippen LogP contribution in [0, 0.1) is 0 Å². The van der Waals surface area contributed by atoms with Crippen LogP contribution in [0.25, 0.3) is 0 Å². The summed E-state index contributed by atoms with van der Waals surface area (Å²) in [5.74, 6) is -0.0524. The molecule has 0 amide bonds. The summed E-state index contributed by atoms with van der Waals surface area (Å²) in [4.78, 5) is 11.4. The standard InChI is InChI=1S/C12H13F3O3/c1-17-10-5-3-9(4-6-10)11(16)18-8-2-7-12(13,14)15/h3-6H,2,7-8H2,1H3. The predicted molar refractivity (Wildman–Crippen MR) is 58.6 cm³/mol. The fourth-order valence-electron chi connectivity index (χ4n) is 1.25. The Morgan fingerprint density at radius 3 is 2.33 bits per heavy atom. The summed E-state index contributed by atoms with van der Waals surface area (Å²) >= 11 is 0. The number of carbonyl (C=O) groups excluding carboxylic acids is 1. The number of hydrogen-bond donors (Lipinski definition) is 0. The molecule has 3 nitrogen and oxygen atoms in total. The molecule has 0 spiro atoms. The Bertz CT molecular complexity index is 385. The van der Waals surface area contributed by atoms with Gasteiger partial charge in [0.2, 0.25) is 0 Å². The minimum atomic E-state index is -4.22. The number of carbonyl (C=O) groups is 1. The van der Waals surface area contributed by atoms with Gasteiger partial charge in [0.05, 0.1) is 19.3 Å². The summed E-state index contributed by atoms with van der Waals surface area (Å²) in [7, 11) is 1.49. The van der Waals surface area contributed by atoms with Gasteiger partial charge in [-0.1, -0.05) is 0 Å². The molecule has 0 unspecified atom stereocenters. The highest BCUT2D eigenvalue weighted by molar-refractivity contribution is 5.89. The first-order valence-corrected chi connectivity index (χ1v) is 5.30. The molecule has 100 valence electrons. The lowest BCUT2D eigenvalue weighted by atomic mass is 10.2. The molecule has 0 aliphatic heterocycles. The van der Waals surface area contributed by atoms with Crippen LogP contribution in [0.2, 0.25) is 0 Å². The molecule has 0 bridgehead atoms. The monoisotopic (exact) mass is 262 g/mol. The lowest BCUT2D eigenvalue weighted by molar-refractivity contribution is -0.137. The Balaban J connectivity index is 2.36. The van der Waals surface area contributed by atoms with Crippen molar-refractivity contribution in [1.82, 2.24) is 0 Å². The number of ether oxygens (including phenoxy) is 2. The van der Waals surface area contributed by atoms with Crippen LogP contribution in [0.1, 0.15) is 23.2 Å². The first-order chi connectivity index (χ1) is 8.42. The van der Waals surface area contributed by atoms with Crippen molar-refractivity contribution in [2.75, 3.05) is 13.7 Å². The molecule has 0 saturated heterocycles. The van der Waals surface area contributed by atoms with Gasteiger partial charge in [-0.25, -0.2) is 4.79 Å². The zero-order chi connectivity index (χ0) is 13.6. The molecular formula is C12H13F3O3. The average molecular weight is 262 g/mol. The number of esters is 1. The maximum atomic E-state index is 11.8. The molecule has 1 rings (SSSR count). The summed E-state index contributed by atoms with van der Waals surface area (Å²) in [5, 5.41) is 0. The smallest absolute Gasteiger partial charge is 0.389 e. The molecule has 1 aromatic carbocycles. The van der Waals surface area contributed by atoms with Crippen LogP contribution in [0.15, 0.2) is 24.3 Å². The van der Waals surface area contributed by atoms with Crippen LogP contribution in [-0.2, 0) is 4.74 Å². The van der Waals surface area contributed by atoms with Crippen molar-refractivity contribution >= 4 is 5.97 Å². The average Bonchev–Trinajstić information content (AvgIpc) is 2.33. The van der Waals surface area contributed by atoms with Crippen molar-refractivity contribution < 1.29 is 27.4 Å². The zero-order valence-corrected chi connectivity index (χ0v) is 9.79. The third-order valence-corrected chi connectivity index (χ3v) is 2.16. The van der Waals surface area contributed by atoms with Gasteiger partial charge in [-0.15, -0.1) is 0 Å². The molecule has 6 heteroatoms. The van der Waals surface area contributed by atoms with E-state index in [1.807, 2.05) is 0 Å². The molecule has 0 heterocycles. The van der Waals surface area contributed by atoms with Gasteiger partial charge in [0.25, 0.3) is 0 Å². The van der Waals surface area contributed by atoms with Gasteiger partial charge in [0, 0.05) is 6.42 Å². The van der Waals surface area contributed by atoms with E-state index in [0.717, 1.165) is 0 Å². The normalized spacial score (nSPS) is 11.1. The van der Waals surface area contributed by atoms with Crippen molar-refractivity contribution in [2.45, 2.75) is 19.0 Å². The van der Waals surface area contributed by atoms with Gasteiger partial charge in [-0.05, 0) is 30.7 Å². The first kappa shape index (κ1) is 14.3. The molecule has 0 fully saturated rings. The highest BCUT2D eigenvalue weighted by Gasteiger charge is 2.26. The highest BCUT2D eigenvalue weighted by atomic mass is 19.4. The van der Waals surface area contributed by atoms with Gasteiger partial charge in [-0.2, -0.15) is 13.2 Å². The molecule has 0 saturated carbocycles. The van der Waals surface area contributed by atoms with Crippen molar-refractivity contribution in [3.8, 4) is 5.75 Å².